The van der Waals surface area contributed by atoms with Crippen molar-refractivity contribution < 1.29 is 33.4 Å². The molecule has 0 N–H and O–H groups in total. The second-order valence-corrected chi connectivity index (χ2v) is 13.0. The standard InChI is InChI=1S/C30H26N2O7S3/c1-14-11-12-18-19(13-14)32(24(33)15(2)31-25(34)16-9-7-8-10-17(16)26(31)35)30(3,4)23(40)20(18)29-41-21(27(36)38-5)22(42-29)28(37)39-6/h7-13,15H,1-6H3. The third-order valence-corrected chi connectivity index (χ3v) is 10.6. The molecular formula is C30H26N2O7S3. The summed E-state index contributed by atoms with van der Waals surface area (Å²) in [5, 5.41) is 0. The fraction of sp³-hybridized carbons (Fsp3) is 0.267. The quantitative estimate of drug-likeness (QED) is 0.203. The molecule has 1 atom stereocenters. The molecule has 2 aromatic carbocycles. The summed E-state index contributed by atoms with van der Waals surface area (Å²) in [6.45, 7) is 6.99. The lowest BCUT2D eigenvalue weighted by Crippen LogP contribution is -2.61. The van der Waals surface area contributed by atoms with Gasteiger partial charge in [-0.05, 0) is 51.5 Å². The van der Waals surface area contributed by atoms with E-state index in [9.17, 15) is 24.0 Å². The Hall–Kier alpha value is -3.74. The smallest absolute Gasteiger partial charge is 0.346 e. The molecule has 0 radical (unpaired) electrons. The van der Waals surface area contributed by atoms with Crippen LogP contribution in [0.3, 0.4) is 0 Å². The number of imide groups is 1. The van der Waals surface area contributed by atoms with Crippen molar-refractivity contribution in [2.45, 2.75) is 39.3 Å². The van der Waals surface area contributed by atoms with Crippen molar-refractivity contribution in [1.29, 1.82) is 0 Å². The van der Waals surface area contributed by atoms with Gasteiger partial charge in [0.25, 0.3) is 17.7 Å². The molecule has 0 saturated carbocycles. The Morgan fingerprint density at radius 1 is 0.881 bits per heavy atom. The molecule has 2 aromatic rings. The number of anilines is 1. The van der Waals surface area contributed by atoms with Crippen LogP contribution in [-0.4, -0.2) is 65.2 Å². The first-order valence-electron chi connectivity index (χ1n) is 12.8. The van der Waals surface area contributed by atoms with Crippen molar-refractivity contribution in [3.63, 3.8) is 0 Å². The highest BCUT2D eigenvalue weighted by atomic mass is 32.2. The van der Waals surface area contributed by atoms with Gasteiger partial charge in [0.15, 0.2) is 0 Å². The number of aryl methyl sites for hydroxylation is 1. The SMILES string of the molecule is COC(=O)C1=C(C(=O)OC)SC(=C2C(=S)C(C)(C)N(C(=O)C(C)N3C(=O)c4ccccc4C3=O)c3cc(C)ccc32)S1. The first kappa shape index (κ1) is 29.7. The van der Waals surface area contributed by atoms with Crippen molar-refractivity contribution in [2.24, 2.45) is 0 Å². The fourth-order valence-electron chi connectivity index (χ4n) is 5.18. The van der Waals surface area contributed by atoms with Crippen LogP contribution in [0.25, 0.3) is 5.57 Å². The number of hydrogen-bond donors (Lipinski definition) is 0. The van der Waals surface area contributed by atoms with Crippen molar-refractivity contribution in [2.75, 3.05) is 19.1 Å². The van der Waals surface area contributed by atoms with Crippen LogP contribution in [-0.2, 0) is 23.9 Å². The van der Waals surface area contributed by atoms with Gasteiger partial charge in [0.2, 0.25) is 0 Å². The van der Waals surface area contributed by atoms with Crippen LogP contribution in [0.15, 0.2) is 56.5 Å². The van der Waals surface area contributed by atoms with Gasteiger partial charge in [-0.1, -0.05) is 60.0 Å². The van der Waals surface area contributed by atoms with E-state index in [-0.39, 0.29) is 20.9 Å². The molecule has 3 aliphatic rings. The molecule has 0 spiro atoms. The molecule has 3 heterocycles. The van der Waals surface area contributed by atoms with Gasteiger partial charge >= 0.3 is 11.9 Å². The number of rotatable bonds is 4. The predicted octanol–water partition coefficient (Wildman–Crippen LogP) is 4.88. The number of hydrogen-bond acceptors (Lipinski definition) is 10. The summed E-state index contributed by atoms with van der Waals surface area (Å²) < 4.78 is 10.4. The minimum absolute atomic E-state index is 0.0869. The molecule has 9 nitrogen and oxygen atoms in total. The molecule has 12 heteroatoms. The predicted molar refractivity (Wildman–Crippen MR) is 165 cm³/mol. The van der Waals surface area contributed by atoms with Gasteiger partial charge in [0, 0.05) is 11.1 Å². The monoisotopic (exact) mass is 622 g/mol. The van der Waals surface area contributed by atoms with E-state index in [1.807, 2.05) is 25.1 Å². The Balaban J connectivity index is 1.61. The maximum Gasteiger partial charge on any atom is 0.346 e. The maximum absolute atomic E-state index is 14.3. The van der Waals surface area contributed by atoms with E-state index in [0.29, 0.717) is 25.9 Å². The van der Waals surface area contributed by atoms with Crippen LogP contribution in [0.4, 0.5) is 5.69 Å². The molecule has 3 amide bonds. The second kappa shape index (κ2) is 10.8. The topological polar surface area (TPSA) is 110 Å². The van der Waals surface area contributed by atoms with Crippen molar-refractivity contribution in [1.82, 2.24) is 4.90 Å². The van der Waals surface area contributed by atoms with Crippen LogP contribution in [0.5, 0.6) is 0 Å². The summed E-state index contributed by atoms with van der Waals surface area (Å²) in [6.07, 6.45) is 0. The van der Waals surface area contributed by atoms with Crippen molar-refractivity contribution in [3.8, 4) is 0 Å². The molecular weight excluding hydrogens is 597 g/mol. The summed E-state index contributed by atoms with van der Waals surface area (Å²) in [4.78, 5) is 69.0. The average molecular weight is 623 g/mol. The van der Waals surface area contributed by atoms with Crippen LogP contribution in [0, 0.1) is 6.92 Å². The Kier molecular flexibility index (Phi) is 7.67. The second-order valence-electron chi connectivity index (χ2n) is 10.3. The number of esters is 2. The number of carbonyl (C=O) groups excluding carboxylic acids is 5. The summed E-state index contributed by atoms with van der Waals surface area (Å²) in [5.74, 6) is -2.91. The maximum atomic E-state index is 14.3. The largest absolute Gasteiger partial charge is 0.465 e. The fourth-order valence-corrected chi connectivity index (χ4v) is 8.21. The van der Waals surface area contributed by atoms with E-state index < -0.39 is 41.2 Å². The number of thiocarbonyl (C=S) groups is 1. The number of fused-ring (bicyclic) bond motifs is 2. The molecule has 5 rings (SSSR count). The van der Waals surface area contributed by atoms with Crippen LogP contribution in [0.1, 0.15) is 52.6 Å². The zero-order chi connectivity index (χ0) is 30.7. The molecule has 0 aliphatic carbocycles. The van der Waals surface area contributed by atoms with E-state index in [4.69, 9.17) is 21.7 Å². The molecule has 42 heavy (non-hydrogen) atoms. The molecule has 3 aliphatic heterocycles. The highest BCUT2D eigenvalue weighted by Crippen LogP contribution is 2.56. The van der Waals surface area contributed by atoms with Crippen LogP contribution < -0.4 is 4.90 Å². The Morgan fingerprint density at radius 3 is 1.90 bits per heavy atom. The summed E-state index contributed by atoms with van der Waals surface area (Å²) in [6, 6.07) is 10.9. The first-order valence-corrected chi connectivity index (χ1v) is 14.9. The number of thioether (sulfide) groups is 2. The van der Waals surface area contributed by atoms with Gasteiger partial charge in [-0.25, -0.2) is 9.59 Å². The molecule has 1 unspecified atom stereocenters. The van der Waals surface area contributed by atoms with Gasteiger partial charge in [0.1, 0.15) is 15.9 Å². The van der Waals surface area contributed by atoms with Gasteiger partial charge < -0.3 is 9.47 Å². The highest BCUT2D eigenvalue weighted by Gasteiger charge is 2.50. The lowest BCUT2D eigenvalue weighted by molar-refractivity contribution is -0.138. The number of methoxy groups -OCH3 is 2. The number of nitrogens with zero attached hydrogens (tertiary/aromatic N) is 2. The number of ether oxygens (including phenoxy) is 2. The summed E-state index contributed by atoms with van der Waals surface area (Å²) in [7, 11) is 2.46. The van der Waals surface area contributed by atoms with E-state index in [0.717, 1.165) is 34.0 Å². The third kappa shape index (κ3) is 4.48. The highest BCUT2D eigenvalue weighted by molar-refractivity contribution is 8.29. The lowest BCUT2D eigenvalue weighted by Gasteiger charge is -2.46. The molecule has 216 valence electrons. The Labute approximate surface area is 256 Å². The number of benzene rings is 2. The van der Waals surface area contributed by atoms with E-state index >= 15 is 0 Å². The van der Waals surface area contributed by atoms with E-state index in [1.165, 1.54) is 26.0 Å². The zero-order valence-corrected chi connectivity index (χ0v) is 26.0. The third-order valence-electron chi connectivity index (χ3n) is 7.34. The minimum Gasteiger partial charge on any atom is -0.465 e. The molecule has 0 bridgehead atoms. The number of carbonyl (C=O) groups is 5. The molecule has 0 saturated heterocycles. The van der Waals surface area contributed by atoms with E-state index in [1.54, 1.807) is 38.1 Å². The molecule has 0 fully saturated rings. The minimum atomic E-state index is -1.13. The van der Waals surface area contributed by atoms with Gasteiger partial charge in [0.05, 0.1) is 45.7 Å². The van der Waals surface area contributed by atoms with Gasteiger partial charge in [-0.2, -0.15) is 0 Å². The summed E-state index contributed by atoms with van der Waals surface area (Å²) >= 11 is 8.14. The van der Waals surface area contributed by atoms with Crippen LogP contribution in [0.2, 0.25) is 0 Å². The van der Waals surface area contributed by atoms with E-state index in [2.05, 4.69) is 0 Å². The van der Waals surface area contributed by atoms with Crippen molar-refractivity contribution in [3.05, 3.63) is 78.8 Å². The molecule has 0 aromatic heterocycles. The first-order chi connectivity index (χ1) is 19.8. The Morgan fingerprint density at radius 2 is 1.40 bits per heavy atom. The Bertz CT molecular complexity index is 1630. The summed E-state index contributed by atoms with van der Waals surface area (Å²) in [5.41, 5.74) is 1.99. The zero-order valence-electron chi connectivity index (χ0n) is 23.6. The normalized spacial score (nSPS) is 18.3. The van der Waals surface area contributed by atoms with Gasteiger partial charge in [-0.15, -0.1) is 0 Å². The van der Waals surface area contributed by atoms with Gasteiger partial charge in [-0.3, -0.25) is 24.2 Å². The van der Waals surface area contributed by atoms with Crippen LogP contribution >= 0.6 is 35.7 Å². The average Bonchev–Trinajstić information content (AvgIpc) is 3.51. The van der Waals surface area contributed by atoms with Crippen molar-refractivity contribution >= 4 is 81.5 Å². The number of amides is 3. The lowest BCUT2D eigenvalue weighted by atomic mass is 9.82.